The van der Waals surface area contributed by atoms with Crippen molar-refractivity contribution < 1.29 is 9.47 Å². The van der Waals surface area contributed by atoms with E-state index in [0.29, 0.717) is 6.79 Å². The van der Waals surface area contributed by atoms with E-state index in [9.17, 15) is 5.26 Å². The highest BCUT2D eigenvalue weighted by Crippen LogP contribution is 2.39. The molecule has 0 spiro atoms. The van der Waals surface area contributed by atoms with Crippen LogP contribution < -0.4 is 4.74 Å². The molecular formula is C18H23NO2. The zero-order chi connectivity index (χ0) is 14.5. The van der Waals surface area contributed by atoms with E-state index in [1.165, 1.54) is 19.3 Å². The average Bonchev–Trinajstić information content (AvgIpc) is 3.37. The maximum atomic E-state index is 9.65. The van der Waals surface area contributed by atoms with Gasteiger partial charge in [0.1, 0.15) is 5.75 Å². The minimum Gasteiger partial charge on any atom is -0.468 e. The lowest BCUT2D eigenvalue weighted by Crippen LogP contribution is -2.27. The fraction of sp³-hybridized carbons (Fsp3) is 0.611. The lowest BCUT2D eigenvalue weighted by molar-refractivity contribution is 0.00990. The van der Waals surface area contributed by atoms with Gasteiger partial charge in [0.25, 0.3) is 0 Å². The van der Waals surface area contributed by atoms with Crippen LogP contribution >= 0.6 is 0 Å². The molecule has 0 atom stereocenters. The molecule has 2 saturated carbocycles. The highest BCUT2D eigenvalue weighted by Gasteiger charge is 2.34. The Bertz CT molecular complexity index is 510. The van der Waals surface area contributed by atoms with E-state index in [4.69, 9.17) is 9.47 Å². The van der Waals surface area contributed by atoms with Crippen molar-refractivity contribution in [3.63, 3.8) is 0 Å². The molecule has 3 nitrogen and oxygen atoms in total. The summed E-state index contributed by atoms with van der Waals surface area (Å²) in [5.41, 5.74) is 0.788. The normalized spacial score (nSPS) is 20.7. The fourth-order valence-corrected chi connectivity index (χ4v) is 3.11. The van der Waals surface area contributed by atoms with E-state index in [1.54, 1.807) is 0 Å². The first-order chi connectivity index (χ1) is 10.3. The first kappa shape index (κ1) is 14.4. The summed E-state index contributed by atoms with van der Waals surface area (Å²) >= 11 is 0. The summed E-state index contributed by atoms with van der Waals surface area (Å²) in [5, 5.41) is 9.65. The summed E-state index contributed by atoms with van der Waals surface area (Å²) in [6, 6.07) is 10.6. The summed E-state index contributed by atoms with van der Waals surface area (Å²) in [5.74, 6) is 1.56. The molecule has 3 heteroatoms. The molecular weight excluding hydrogens is 262 g/mol. The molecule has 0 bridgehead atoms. The molecule has 1 aromatic rings. The van der Waals surface area contributed by atoms with Crippen LogP contribution in [0.4, 0.5) is 0 Å². The molecule has 0 radical (unpaired) electrons. The summed E-state index contributed by atoms with van der Waals surface area (Å²) in [6.07, 6.45) is 8.04. The summed E-state index contributed by atoms with van der Waals surface area (Å²) < 4.78 is 11.2. The number of nitrogens with zero attached hydrogens (tertiary/aromatic N) is 1. The summed E-state index contributed by atoms with van der Waals surface area (Å²) in [4.78, 5) is 0. The minimum absolute atomic E-state index is 0.305. The molecule has 2 fully saturated rings. The third-order valence-electron chi connectivity index (χ3n) is 4.67. The molecule has 0 aliphatic heterocycles. The van der Waals surface area contributed by atoms with Crippen LogP contribution in [-0.4, -0.2) is 13.4 Å². The molecule has 0 unspecified atom stereocenters. The van der Waals surface area contributed by atoms with Crippen LogP contribution in [-0.2, 0) is 10.2 Å². The van der Waals surface area contributed by atoms with Gasteiger partial charge in [-0.15, -0.1) is 0 Å². The van der Waals surface area contributed by atoms with Gasteiger partial charge < -0.3 is 9.47 Å². The Kier molecular flexibility index (Phi) is 4.45. The molecule has 0 heterocycles. The van der Waals surface area contributed by atoms with Gasteiger partial charge in [0.15, 0.2) is 6.79 Å². The number of hydrogen-bond donors (Lipinski definition) is 0. The molecule has 3 rings (SSSR count). The molecule has 112 valence electrons. The van der Waals surface area contributed by atoms with E-state index in [1.807, 2.05) is 18.2 Å². The van der Waals surface area contributed by atoms with Crippen molar-refractivity contribution in [3.05, 3.63) is 29.8 Å². The molecule has 0 N–H and O–H groups in total. The lowest BCUT2D eigenvalue weighted by Gasteiger charge is -2.31. The minimum atomic E-state index is -0.313. The molecule has 2 aliphatic carbocycles. The van der Waals surface area contributed by atoms with Gasteiger partial charge in [-0.25, -0.2) is 0 Å². The van der Waals surface area contributed by atoms with Crippen LogP contribution in [0.25, 0.3) is 0 Å². The average molecular weight is 285 g/mol. The van der Waals surface area contributed by atoms with Crippen LogP contribution in [0.1, 0.15) is 50.5 Å². The molecule has 0 amide bonds. The van der Waals surface area contributed by atoms with E-state index >= 15 is 0 Å². The predicted octanol–water partition coefficient (Wildman–Crippen LogP) is 4.17. The third kappa shape index (κ3) is 3.57. The zero-order valence-corrected chi connectivity index (χ0v) is 12.5. The number of hydrogen-bond acceptors (Lipinski definition) is 3. The van der Waals surface area contributed by atoms with Gasteiger partial charge in [0.2, 0.25) is 0 Å². The van der Waals surface area contributed by atoms with Crippen LogP contribution in [0.15, 0.2) is 24.3 Å². The van der Waals surface area contributed by atoms with Crippen LogP contribution in [0.3, 0.4) is 0 Å². The zero-order valence-electron chi connectivity index (χ0n) is 12.5. The second-order valence-corrected chi connectivity index (χ2v) is 6.36. The number of nitriles is 1. The third-order valence-corrected chi connectivity index (χ3v) is 4.67. The second kappa shape index (κ2) is 6.49. The first-order valence-corrected chi connectivity index (χ1v) is 8.05. The maximum absolute atomic E-state index is 9.65. The van der Waals surface area contributed by atoms with Crippen molar-refractivity contribution in [2.24, 2.45) is 5.92 Å². The topological polar surface area (TPSA) is 42.2 Å². The fourth-order valence-electron chi connectivity index (χ4n) is 3.11. The predicted molar refractivity (Wildman–Crippen MR) is 81.0 cm³/mol. The van der Waals surface area contributed by atoms with E-state index < -0.39 is 0 Å². The summed E-state index contributed by atoms with van der Waals surface area (Å²) in [7, 11) is 0. The van der Waals surface area contributed by atoms with Crippen molar-refractivity contribution >= 4 is 0 Å². The second-order valence-electron chi connectivity index (χ2n) is 6.36. The van der Waals surface area contributed by atoms with Gasteiger partial charge in [-0.05, 0) is 49.3 Å². The van der Waals surface area contributed by atoms with Gasteiger partial charge in [0.05, 0.1) is 18.1 Å². The van der Waals surface area contributed by atoms with Gasteiger partial charge in [-0.3, -0.25) is 0 Å². The largest absolute Gasteiger partial charge is 0.468 e. The molecule has 0 aromatic heterocycles. The van der Waals surface area contributed by atoms with Crippen molar-refractivity contribution in [2.45, 2.75) is 50.4 Å². The lowest BCUT2D eigenvalue weighted by atomic mass is 9.70. The Morgan fingerprint density at radius 2 is 2.00 bits per heavy atom. The first-order valence-electron chi connectivity index (χ1n) is 8.05. The molecule has 2 aliphatic rings. The van der Waals surface area contributed by atoms with Crippen molar-refractivity contribution in [1.29, 1.82) is 5.26 Å². The molecule has 0 saturated heterocycles. The van der Waals surface area contributed by atoms with Gasteiger partial charge in [0, 0.05) is 0 Å². The quantitative estimate of drug-likeness (QED) is 0.582. The Hall–Kier alpha value is -1.53. The van der Waals surface area contributed by atoms with Crippen molar-refractivity contribution in [1.82, 2.24) is 0 Å². The SMILES string of the molecule is N#CC1(c2cccc(OCOCC3CC3)c2)CCCCC1. The van der Waals surface area contributed by atoms with Crippen molar-refractivity contribution in [3.8, 4) is 11.8 Å². The van der Waals surface area contributed by atoms with E-state index in [-0.39, 0.29) is 5.41 Å². The summed E-state index contributed by atoms with van der Waals surface area (Å²) in [6.45, 7) is 1.11. The van der Waals surface area contributed by atoms with Gasteiger partial charge >= 0.3 is 0 Å². The monoisotopic (exact) mass is 285 g/mol. The van der Waals surface area contributed by atoms with Crippen LogP contribution in [0.5, 0.6) is 5.75 Å². The number of ether oxygens (including phenoxy) is 2. The number of benzene rings is 1. The van der Waals surface area contributed by atoms with E-state index in [0.717, 1.165) is 49.5 Å². The van der Waals surface area contributed by atoms with Crippen molar-refractivity contribution in [2.75, 3.05) is 13.4 Å². The van der Waals surface area contributed by atoms with Gasteiger partial charge in [-0.2, -0.15) is 5.26 Å². The van der Waals surface area contributed by atoms with E-state index in [2.05, 4.69) is 12.1 Å². The Morgan fingerprint density at radius 3 is 2.71 bits per heavy atom. The van der Waals surface area contributed by atoms with Crippen LogP contribution in [0.2, 0.25) is 0 Å². The Labute approximate surface area is 126 Å². The molecule has 21 heavy (non-hydrogen) atoms. The highest BCUT2D eigenvalue weighted by atomic mass is 16.7. The maximum Gasteiger partial charge on any atom is 0.189 e. The van der Waals surface area contributed by atoms with Crippen LogP contribution in [0, 0.1) is 17.2 Å². The number of rotatable bonds is 6. The standard InChI is InChI=1S/C18H23NO2/c19-13-18(9-2-1-3-10-18)16-5-4-6-17(11-16)21-14-20-12-15-7-8-15/h4-6,11,15H,1-3,7-10,12,14H2. The highest BCUT2D eigenvalue weighted by molar-refractivity contribution is 5.38. The Balaban J connectivity index is 1.62. The molecule has 1 aromatic carbocycles. The Morgan fingerprint density at radius 1 is 1.19 bits per heavy atom. The van der Waals surface area contributed by atoms with Gasteiger partial charge in [-0.1, -0.05) is 31.4 Å². The smallest absolute Gasteiger partial charge is 0.189 e.